The molecule has 25 heavy (non-hydrogen) atoms. The molecule has 3 atom stereocenters. The molecule has 4 aliphatic heterocycles. The molecule has 0 radical (unpaired) electrons. The zero-order valence-electron chi connectivity index (χ0n) is 14.9. The molecule has 0 aliphatic carbocycles. The Morgan fingerprint density at radius 3 is 2.48 bits per heavy atom. The van der Waals surface area contributed by atoms with E-state index in [9.17, 15) is 4.79 Å². The van der Waals surface area contributed by atoms with E-state index in [-0.39, 0.29) is 24.1 Å². The highest BCUT2D eigenvalue weighted by atomic mass is 16.3. The molecule has 2 unspecified atom stereocenters. The maximum Gasteiger partial charge on any atom is 0.317 e. The van der Waals surface area contributed by atoms with E-state index in [1.165, 1.54) is 5.56 Å². The van der Waals surface area contributed by atoms with Crippen molar-refractivity contribution in [3.63, 3.8) is 0 Å². The van der Waals surface area contributed by atoms with Crippen LogP contribution >= 0.6 is 0 Å². The van der Waals surface area contributed by atoms with Crippen LogP contribution in [-0.2, 0) is 5.41 Å². The van der Waals surface area contributed by atoms with E-state index >= 15 is 0 Å². The van der Waals surface area contributed by atoms with Crippen LogP contribution in [-0.4, -0.2) is 91.3 Å². The molecular formula is C19H28N4O2. The van der Waals surface area contributed by atoms with Crippen molar-refractivity contribution in [3.8, 4) is 0 Å². The van der Waals surface area contributed by atoms with Crippen LogP contribution < -0.4 is 5.32 Å². The summed E-state index contributed by atoms with van der Waals surface area (Å²) in [6.45, 7) is 6.70. The second-order valence-electron chi connectivity index (χ2n) is 7.82. The summed E-state index contributed by atoms with van der Waals surface area (Å²) in [7, 11) is 1.75. The van der Waals surface area contributed by atoms with Crippen LogP contribution in [0.5, 0.6) is 0 Å². The number of hydrogen-bond acceptors (Lipinski definition) is 4. The summed E-state index contributed by atoms with van der Waals surface area (Å²) in [5.74, 6) is 0.441. The third kappa shape index (κ3) is 2.92. The first-order valence-electron chi connectivity index (χ1n) is 9.25. The summed E-state index contributed by atoms with van der Waals surface area (Å²) in [6.07, 6.45) is 0. The standard InChI is InChI=1S/C19H28N4O2/c1-21(9-10-24)18(25)20-17-15-11-22-7-8-23(12-15)14-19(17,13-22)16-5-3-2-4-6-16/h2-6,15,17,24H,7-14H2,1H3,(H,20,25)/t15?,17-,19?/m0/s1. The first kappa shape index (κ1) is 16.8. The molecule has 2 amide bonds. The predicted octanol–water partition coefficient (Wildman–Crippen LogP) is 0.188. The third-order valence-corrected chi connectivity index (χ3v) is 6.21. The molecule has 136 valence electrons. The fourth-order valence-corrected chi connectivity index (χ4v) is 5.06. The fraction of sp³-hybridized carbons (Fsp3) is 0.632. The van der Waals surface area contributed by atoms with Gasteiger partial charge in [-0.3, -0.25) is 0 Å². The Morgan fingerprint density at radius 2 is 1.88 bits per heavy atom. The van der Waals surface area contributed by atoms with Crippen molar-refractivity contribution in [1.82, 2.24) is 20.0 Å². The molecule has 0 aromatic heterocycles. The molecule has 1 aromatic carbocycles. The van der Waals surface area contributed by atoms with Crippen LogP contribution in [0, 0.1) is 5.92 Å². The minimum Gasteiger partial charge on any atom is -0.395 e. The maximum absolute atomic E-state index is 12.7. The second-order valence-corrected chi connectivity index (χ2v) is 7.82. The number of piperidine rings is 2. The van der Waals surface area contributed by atoms with Crippen molar-refractivity contribution in [2.75, 3.05) is 59.5 Å². The summed E-state index contributed by atoms with van der Waals surface area (Å²) in [5, 5.41) is 12.5. The molecule has 0 spiro atoms. The lowest BCUT2D eigenvalue weighted by atomic mass is 9.64. The highest BCUT2D eigenvalue weighted by Crippen LogP contribution is 2.43. The van der Waals surface area contributed by atoms with E-state index in [0.717, 1.165) is 39.3 Å². The van der Waals surface area contributed by atoms with Crippen LogP contribution in [0.2, 0.25) is 0 Å². The lowest BCUT2D eigenvalue weighted by Gasteiger charge is -2.56. The monoisotopic (exact) mass is 344 g/mol. The van der Waals surface area contributed by atoms with Crippen molar-refractivity contribution < 1.29 is 9.90 Å². The summed E-state index contributed by atoms with van der Waals surface area (Å²) in [6, 6.07) is 10.7. The van der Waals surface area contributed by atoms with Crippen LogP contribution in [0.3, 0.4) is 0 Å². The highest BCUT2D eigenvalue weighted by Gasteiger charge is 2.55. The van der Waals surface area contributed by atoms with Crippen LogP contribution in [0.15, 0.2) is 30.3 Å². The largest absolute Gasteiger partial charge is 0.395 e. The van der Waals surface area contributed by atoms with Gasteiger partial charge in [0.2, 0.25) is 0 Å². The number of aliphatic hydroxyl groups is 1. The number of urea groups is 1. The van der Waals surface area contributed by atoms with Gasteiger partial charge in [0.05, 0.1) is 6.61 Å². The van der Waals surface area contributed by atoms with Crippen LogP contribution in [0.1, 0.15) is 5.56 Å². The fourth-order valence-electron chi connectivity index (χ4n) is 5.06. The number of nitrogens with one attached hydrogen (secondary N) is 1. The summed E-state index contributed by atoms with van der Waals surface area (Å²) < 4.78 is 0. The lowest BCUT2D eigenvalue weighted by molar-refractivity contribution is 0.0209. The van der Waals surface area contributed by atoms with Gasteiger partial charge in [0.25, 0.3) is 0 Å². The quantitative estimate of drug-likeness (QED) is 0.819. The van der Waals surface area contributed by atoms with Gasteiger partial charge in [0.1, 0.15) is 0 Å². The molecule has 0 saturated carbocycles. The van der Waals surface area contributed by atoms with Crippen molar-refractivity contribution >= 4 is 6.03 Å². The van der Waals surface area contributed by atoms with Gasteiger partial charge in [0.15, 0.2) is 0 Å². The van der Waals surface area contributed by atoms with Crippen molar-refractivity contribution in [2.45, 2.75) is 11.5 Å². The maximum atomic E-state index is 12.7. The van der Waals surface area contributed by atoms with Gasteiger partial charge >= 0.3 is 6.03 Å². The number of carbonyl (C=O) groups is 1. The van der Waals surface area contributed by atoms with Crippen molar-refractivity contribution in [3.05, 3.63) is 35.9 Å². The number of benzene rings is 1. The normalized spacial score (nSPS) is 36.1. The minimum absolute atomic E-state index is 0.0105. The van der Waals surface area contributed by atoms with Gasteiger partial charge in [-0.1, -0.05) is 30.3 Å². The molecule has 2 N–H and O–H groups in total. The Bertz CT molecular complexity index is 607. The number of aliphatic hydroxyl groups excluding tert-OH is 1. The second kappa shape index (κ2) is 6.59. The molecule has 4 heterocycles. The van der Waals surface area contributed by atoms with Crippen molar-refractivity contribution in [1.29, 1.82) is 0 Å². The molecule has 1 aromatic rings. The average Bonchev–Trinajstić information content (AvgIpc) is 2.87. The van der Waals surface area contributed by atoms with Gasteiger partial charge in [-0.2, -0.15) is 0 Å². The Hall–Kier alpha value is -1.63. The topological polar surface area (TPSA) is 59.1 Å². The predicted molar refractivity (Wildman–Crippen MR) is 96.5 cm³/mol. The number of amides is 2. The van der Waals surface area contributed by atoms with Gasteiger partial charge in [0, 0.05) is 70.2 Å². The molecule has 6 nitrogen and oxygen atoms in total. The number of rotatable bonds is 4. The SMILES string of the molecule is CN(CCO)C(=O)N[C@H]1C2CN3CCN(C2)CC1(c1ccccc1)C3. The van der Waals surface area contributed by atoms with E-state index in [4.69, 9.17) is 5.11 Å². The molecule has 4 bridgehead atoms. The number of carbonyl (C=O) groups excluding carboxylic acids is 1. The van der Waals surface area contributed by atoms with E-state index in [2.05, 4.69) is 45.4 Å². The zero-order chi connectivity index (χ0) is 17.4. The molecule has 6 heteroatoms. The Kier molecular flexibility index (Phi) is 4.43. The zero-order valence-corrected chi connectivity index (χ0v) is 14.9. The van der Waals surface area contributed by atoms with Gasteiger partial charge < -0.3 is 25.1 Å². The van der Waals surface area contributed by atoms with Crippen molar-refractivity contribution in [2.24, 2.45) is 5.92 Å². The minimum atomic E-state index is -0.0782. The third-order valence-electron chi connectivity index (χ3n) is 6.21. The number of nitrogens with zero attached hydrogens (tertiary/aromatic N) is 3. The summed E-state index contributed by atoms with van der Waals surface area (Å²) >= 11 is 0. The smallest absolute Gasteiger partial charge is 0.317 e. The molecular weight excluding hydrogens is 316 g/mol. The number of likely N-dealkylation sites (N-methyl/N-ethyl adjacent to an activating group) is 1. The van der Waals surface area contributed by atoms with Gasteiger partial charge in [-0.05, 0) is 5.56 Å². The first-order valence-corrected chi connectivity index (χ1v) is 9.25. The Labute approximate surface area is 149 Å². The number of hydrogen-bond donors (Lipinski definition) is 2. The van der Waals surface area contributed by atoms with E-state index in [1.807, 2.05) is 0 Å². The van der Waals surface area contributed by atoms with Gasteiger partial charge in [-0.15, -0.1) is 0 Å². The number of fused-ring (bicyclic) bond motifs is 1. The Balaban J connectivity index is 1.68. The summed E-state index contributed by atoms with van der Waals surface area (Å²) in [4.78, 5) is 19.4. The van der Waals surface area contributed by atoms with E-state index < -0.39 is 0 Å². The lowest BCUT2D eigenvalue weighted by Crippen LogP contribution is -2.71. The molecule has 4 aliphatic rings. The average molecular weight is 344 g/mol. The molecule has 4 fully saturated rings. The van der Waals surface area contributed by atoms with Gasteiger partial charge in [-0.25, -0.2) is 4.79 Å². The van der Waals surface area contributed by atoms with E-state index in [1.54, 1.807) is 11.9 Å². The van der Waals surface area contributed by atoms with Crippen LogP contribution in [0.4, 0.5) is 4.79 Å². The molecule has 4 saturated heterocycles. The first-order chi connectivity index (χ1) is 12.1. The summed E-state index contributed by atoms with van der Waals surface area (Å²) in [5.41, 5.74) is 1.26. The molecule has 5 rings (SSSR count). The highest BCUT2D eigenvalue weighted by molar-refractivity contribution is 5.74. The Morgan fingerprint density at radius 1 is 1.24 bits per heavy atom. The van der Waals surface area contributed by atoms with E-state index in [0.29, 0.717) is 12.5 Å². The van der Waals surface area contributed by atoms with Crippen LogP contribution in [0.25, 0.3) is 0 Å².